The van der Waals surface area contributed by atoms with Gasteiger partial charge < -0.3 is 15.0 Å². The van der Waals surface area contributed by atoms with Crippen molar-refractivity contribution in [2.75, 3.05) is 26.7 Å². The molecular formula is C20H19N3O4. The SMILES string of the molecule is COc1cccc(-c2ccc(C(=O)N3CC(N4C(=O)CNC4=O)C3)cc2)c1. The van der Waals surface area contributed by atoms with E-state index < -0.39 is 0 Å². The number of nitrogens with zero attached hydrogens (tertiary/aromatic N) is 2. The molecule has 7 heteroatoms. The van der Waals surface area contributed by atoms with Gasteiger partial charge >= 0.3 is 6.03 Å². The Morgan fingerprint density at radius 3 is 2.44 bits per heavy atom. The van der Waals surface area contributed by atoms with Crippen LogP contribution >= 0.6 is 0 Å². The summed E-state index contributed by atoms with van der Waals surface area (Å²) < 4.78 is 5.24. The molecule has 0 unspecified atom stereocenters. The molecule has 2 aliphatic heterocycles. The molecule has 2 fully saturated rings. The minimum atomic E-state index is -0.375. The molecular weight excluding hydrogens is 346 g/mol. The second kappa shape index (κ2) is 6.75. The Bertz CT molecular complexity index is 888. The number of likely N-dealkylation sites (tertiary alicyclic amines) is 1. The number of benzene rings is 2. The fourth-order valence-electron chi connectivity index (χ4n) is 3.38. The summed E-state index contributed by atoms with van der Waals surface area (Å²) >= 11 is 0. The van der Waals surface area contributed by atoms with Gasteiger partial charge in [0, 0.05) is 18.7 Å². The van der Waals surface area contributed by atoms with Crippen LogP contribution in [0.5, 0.6) is 5.75 Å². The summed E-state index contributed by atoms with van der Waals surface area (Å²) in [5, 5.41) is 2.50. The third-order valence-corrected chi connectivity index (χ3v) is 4.93. The standard InChI is InChI=1S/C20H19N3O4/c1-27-17-4-2-3-15(9-17)13-5-7-14(8-6-13)19(25)22-11-16(12-22)23-18(24)10-21-20(23)26/h2-9,16H,10-12H2,1H3,(H,21,26). The monoisotopic (exact) mass is 365 g/mol. The van der Waals surface area contributed by atoms with Gasteiger partial charge in [-0.1, -0.05) is 24.3 Å². The second-order valence-electron chi connectivity index (χ2n) is 6.60. The summed E-state index contributed by atoms with van der Waals surface area (Å²) in [7, 11) is 1.63. The predicted octanol–water partition coefficient (Wildman–Crippen LogP) is 1.74. The van der Waals surface area contributed by atoms with Crippen molar-refractivity contribution in [3.63, 3.8) is 0 Å². The van der Waals surface area contributed by atoms with Gasteiger partial charge in [0.05, 0.1) is 19.7 Å². The number of ether oxygens (including phenoxy) is 1. The first-order chi connectivity index (χ1) is 13.1. The molecule has 0 saturated carbocycles. The van der Waals surface area contributed by atoms with Gasteiger partial charge in [-0.15, -0.1) is 0 Å². The summed E-state index contributed by atoms with van der Waals surface area (Å²) in [4.78, 5) is 38.8. The van der Waals surface area contributed by atoms with E-state index in [0.717, 1.165) is 16.9 Å². The molecule has 0 aliphatic carbocycles. The van der Waals surface area contributed by atoms with Crippen LogP contribution in [-0.2, 0) is 4.79 Å². The van der Waals surface area contributed by atoms with Gasteiger partial charge in [0.1, 0.15) is 5.75 Å². The van der Waals surface area contributed by atoms with E-state index in [1.165, 1.54) is 4.90 Å². The molecule has 2 aromatic carbocycles. The fraction of sp³-hybridized carbons (Fsp3) is 0.250. The third-order valence-electron chi connectivity index (χ3n) is 4.93. The molecule has 4 amide bonds. The topological polar surface area (TPSA) is 79.0 Å². The lowest BCUT2D eigenvalue weighted by Gasteiger charge is -2.42. The van der Waals surface area contributed by atoms with Crippen LogP contribution in [0.2, 0.25) is 0 Å². The molecule has 2 aromatic rings. The summed E-state index contributed by atoms with van der Waals surface area (Å²) in [6.45, 7) is 0.778. The van der Waals surface area contributed by atoms with Crippen molar-refractivity contribution in [2.24, 2.45) is 0 Å². The van der Waals surface area contributed by atoms with Gasteiger partial charge in [0.25, 0.3) is 5.91 Å². The van der Waals surface area contributed by atoms with Crippen LogP contribution in [-0.4, -0.2) is 60.4 Å². The average Bonchev–Trinajstić information content (AvgIpc) is 2.99. The van der Waals surface area contributed by atoms with E-state index in [4.69, 9.17) is 4.74 Å². The van der Waals surface area contributed by atoms with Gasteiger partial charge in [-0.3, -0.25) is 14.5 Å². The Hall–Kier alpha value is -3.35. The predicted molar refractivity (Wildman–Crippen MR) is 98.4 cm³/mol. The number of nitrogens with one attached hydrogen (secondary N) is 1. The minimum Gasteiger partial charge on any atom is -0.497 e. The molecule has 2 aliphatic rings. The first kappa shape index (κ1) is 17.1. The van der Waals surface area contributed by atoms with Crippen molar-refractivity contribution in [3.05, 3.63) is 54.1 Å². The minimum absolute atomic E-state index is 0.0367. The Morgan fingerprint density at radius 1 is 1.07 bits per heavy atom. The Balaban J connectivity index is 1.42. The summed E-state index contributed by atoms with van der Waals surface area (Å²) in [6.07, 6.45) is 0. The number of hydrogen-bond donors (Lipinski definition) is 1. The number of amides is 4. The van der Waals surface area contributed by atoms with Crippen molar-refractivity contribution in [2.45, 2.75) is 6.04 Å². The largest absolute Gasteiger partial charge is 0.497 e. The molecule has 0 aromatic heterocycles. The highest BCUT2D eigenvalue weighted by Gasteiger charge is 2.43. The van der Waals surface area contributed by atoms with Crippen LogP contribution in [0.15, 0.2) is 48.5 Å². The highest BCUT2D eigenvalue weighted by molar-refractivity contribution is 6.03. The molecule has 0 radical (unpaired) electrons. The lowest BCUT2D eigenvalue weighted by atomic mass is 10.0. The molecule has 0 bridgehead atoms. The molecule has 0 spiro atoms. The van der Waals surface area contributed by atoms with E-state index in [1.807, 2.05) is 36.4 Å². The van der Waals surface area contributed by atoms with Crippen molar-refractivity contribution in [3.8, 4) is 16.9 Å². The van der Waals surface area contributed by atoms with Gasteiger partial charge in [-0.25, -0.2) is 4.79 Å². The molecule has 0 atom stereocenters. The molecule has 4 rings (SSSR count). The van der Waals surface area contributed by atoms with Crippen LogP contribution in [0.25, 0.3) is 11.1 Å². The van der Waals surface area contributed by atoms with Crippen molar-refractivity contribution >= 4 is 17.8 Å². The molecule has 138 valence electrons. The lowest BCUT2D eigenvalue weighted by molar-refractivity contribution is -0.128. The average molecular weight is 365 g/mol. The highest BCUT2D eigenvalue weighted by atomic mass is 16.5. The maximum atomic E-state index is 12.6. The van der Waals surface area contributed by atoms with Gasteiger partial charge in [-0.05, 0) is 35.4 Å². The Labute approximate surface area is 156 Å². The quantitative estimate of drug-likeness (QED) is 0.837. The number of imide groups is 1. The van der Waals surface area contributed by atoms with E-state index in [-0.39, 0.29) is 30.4 Å². The highest BCUT2D eigenvalue weighted by Crippen LogP contribution is 2.25. The maximum absolute atomic E-state index is 12.6. The smallest absolute Gasteiger partial charge is 0.324 e. The fourth-order valence-corrected chi connectivity index (χ4v) is 3.38. The number of carbonyl (C=O) groups excluding carboxylic acids is 3. The number of hydrogen-bond acceptors (Lipinski definition) is 4. The zero-order valence-electron chi connectivity index (χ0n) is 14.8. The second-order valence-corrected chi connectivity index (χ2v) is 6.60. The molecule has 7 nitrogen and oxygen atoms in total. The van der Waals surface area contributed by atoms with Crippen LogP contribution in [0.1, 0.15) is 10.4 Å². The van der Waals surface area contributed by atoms with E-state index >= 15 is 0 Å². The molecule has 27 heavy (non-hydrogen) atoms. The summed E-state index contributed by atoms with van der Waals surface area (Å²) in [5.74, 6) is 0.440. The first-order valence-electron chi connectivity index (χ1n) is 8.70. The van der Waals surface area contributed by atoms with E-state index in [0.29, 0.717) is 18.7 Å². The molecule has 1 N–H and O–H groups in total. The third kappa shape index (κ3) is 3.12. The molecule has 2 saturated heterocycles. The van der Waals surface area contributed by atoms with Crippen molar-refractivity contribution in [1.82, 2.24) is 15.1 Å². The first-order valence-corrected chi connectivity index (χ1v) is 8.70. The van der Waals surface area contributed by atoms with Crippen molar-refractivity contribution in [1.29, 1.82) is 0 Å². The zero-order valence-corrected chi connectivity index (χ0v) is 14.8. The Kier molecular flexibility index (Phi) is 4.27. The summed E-state index contributed by atoms with van der Waals surface area (Å²) in [6, 6.07) is 14.5. The zero-order chi connectivity index (χ0) is 19.0. The Morgan fingerprint density at radius 2 is 1.81 bits per heavy atom. The van der Waals surface area contributed by atoms with Crippen molar-refractivity contribution < 1.29 is 19.1 Å². The van der Waals surface area contributed by atoms with Crippen LogP contribution in [0.3, 0.4) is 0 Å². The van der Waals surface area contributed by atoms with E-state index in [1.54, 1.807) is 24.1 Å². The van der Waals surface area contributed by atoms with Gasteiger partial charge in [0.2, 0.25) is 5.91 Å². The number of methoxy groups -OCH3 is 1. The summed E-state index contributed by atoms with van der Waals surface area (Å²) in [5.41, 5.74) is 2.58. The van der Waals surface area contributed by atoms with E-state index in [9.17, 15) is 14.4 Å². The normalized spacial score (nSPS) is 16.9. The number of urea groups is 1. The van der Waals surface area contributed by atoms with E-state index in [2.05, 4.69) is 5.32 Å². The van der Waals surface area contributed by atoms with Gasteiger partial charge in [0.15, 0.2) is 0 Å². The molecule has 2 heterocycles. The lowest BCUT2D eigenvalue weighted by Crippen LogP contribution is -2.62. The van der Waals surface area contributed by atoms with Crippen LogP contribution < -0.4 is 10.1 Å². The van der Waals surface area contributed by atoms with Crippen LogP contribution in [0, 0.1) is 0 Å². The number of carbonyl (C=O) groups is 3. The van der Waals surface area contributed by atoms with Crippen LogP contribution in [0.4, 0.5) is 4.79 Å². The van der Waals surface area contributed by atoms with Gasteiger partial charge in [-0.2, -0.15) is 0 Å². The number of rotatable bonds is 4. The maximum Gasteiger partial charge on any atom is 0.324 e.